The number of benzene rings is 1. The number of rotatable bonds is 3. The molecule has 106 valence electrons. The van der Waals surface area contributed by atoms with E-state index < -0.39 is 5.97 Å². The predicted molar refractivity (Wildman–Crippen MR) is 79.9 cm³/mol. The molecule has 1 N–H and O–H groups in total. The summed E-state index contributed by atoms with van der Waals surface area (Å²) >= 11 is 0. The lowest BCUT2D eigenvalue weighted by molar-refractivity contribution is 0.0697. The molecule has 0 amide bonds. The molecule has 21 heavy (non-hydrogen) atoms. The second-order valence-electron chi connectivity index (χ2n) is 5.16. The summed E-state index contributed by atoms with van der Waals surface area (Å²) in [7, 11) is 0. The molecule has 0 aliphatic rings. The zero-order valence-electron chi connectivity index (χ0n) is 11.8. The Kier molecular flexibility index (Phi) is 3.17. The zero-order chi connectivity index (χ0) is 15.0. The first-order valence-corrected chi connectivity index (χ1v) is 6.75. The van der Waals surface area contributed by atoms with Gasteiger partial charge in [0.15, 0.2) is 5.65 Å². The van der Waals surface area contributed by atoms with E-state index in [0.717, 1.165) is 22.7 Å². The molecule has 0 saturated heterocycles. The van der Waals surface area contributed by atoms with E-state index in [1.165, 1.54) is 0 Å². The van der Waals surface area contributed by atoms with Gasteiger partial charge in [-0.25, -0.2) is 14.8 Å². The molecule has 0 radical (unpaired) electrons. The molecule has 1 aromatic carbocycles. The van der Waals surface area contributed by atoms with Crippen molar-refractivity contribution in [3.8, 4) is 5.69 Å². The van der Waals surface area contributed by atoms with Crippen molar-refractivity contribution >= 4 is 17.1 Å². The molecule has 0 unspecified atom stereocenters. The first kappa shape index (κ1) is 13.3. The Bertz CT molecular complexity index is 804. The van der Waals surface area contributed by atoms with E-state index in [-0.39, 0.29) is 11.5 Å². The fourth-order valence-corrected chi connectivity index (χ4v) is 2.32. The Hall–Kier alpha value is -2.69. The predicted octanol–water partition coefficient (Wildman–Crippen LogP) is 3.24. The van der Waals surface area contributed by atoms with Crippen molar-refractivity contribution in [3.05, 3.63) is 54.0 Å². The van der Waals surface area contributed by atoms with Crippen molar-refractivity contribution in [2.24, 2.45) is 0 Å². The lowest BCUT2D eigenvalue weighted by Crippen LogP contribution is -2.04. The second-order valence-corrected chi connectivity index (χ2v) is 5.16. The highest BCUT2D eigenvalue weighted by Crippen LogP contribution is 2.24. The lowest BCUT2D eigenvalue weighted by atomic mass is 10.2. The minimum absolute atomic E-state index is 0.235. The number of aromatic carboxylic acids is 1. The van der Waals surface area contributed by atoms with Gasteiger partial charge < -0.3 is 5.11 Å². The Labute approximate surface area is 121 Å². The number of carboxylic acid groups (broad SMARTS) is 1. The van der Waals surface area contributed by atoms with Crippen molar-refractivity contribution < 1.29 is 9.90 Å². The van der Waals surface area contributed by atoms with Crippen molar-refractivity contribution in [1.29, 1.82) is 0 Å². The van der Waals surface area contributed by atoms with Crippen LogP contribution in [0.3, 0.4) is 0 Å². The van der Waals surface area contributed by atoms with Gasteiger partial charge in [0, 0.05) is 17.8 Å². The van der Waals surface area contributed by atoms with E-state index in [9.17, 15) is 4.79 Å². The third kappa shape index (κ3) is 2.27. The van der Waals surface area contributed by atoms with Crippen LogP contribution in [-0.4, -0.2) is 25.6 Å². The topological polar surface area (TPSA) is 68.0 Å². The summed E-state index contributed by atoms with van der Waals surface area (Å²) in [5, 5.41) is 8.99. The van der Waals surface area contributed by atoms with Crippen LogP contribution in [0.1, 0.15) is 35.9 Å². The normalized spacial score (nSPS) is 11.2. The molecule has 3 rings (SSSR count). The van der Waals surface area contributed by atoms with Crippen molar-refractivity contribution in [2.45, 2.75) is 19.8 Å². The molecule has 0 saturated carbocycles. The van der Waals surface area contributed by atoms with Crippen LogP contribution in [0.15, 0.2) is 42.6 Å². The highest BCUT2D eigenvalue weighted by molar-refractivity contribution is 5.87. The van der Waals surface area contributed by atoms with Crippen LogP contribution in [0.2, 0.25) is 0 Å². The van der Waals surface area contributed by atoms with Gasteiger partial charge in [-0.3, -0.25) is 4.57 Å². The SMILES string of the molecule is CC(C)c1nc2cccnc2n1-c1ccc(C(=O)O)cc1. The largest absolute Gasteiger partial charge is 0.478 e. The van der Waals surface area contributed by atoms with Crippen LogP contribution in [0.25, 0.3) is 16.9 Å². The number of nitrogens with zero attached hydrogens (tertiary/aromatic N) is 3. The van der Waals surface area contributed by atoms with E-state index in [1.54, 1.807) is 30.5 Å². The fraction of sp³-hybridized carbons (Fsp3) is 0.188. The number of pyridine rings is 1. The van der Waals surface area contributed by atoms with Crippen molar-refractivity contribution in [1.82, 2.24) is 14.5 Å². The number of carboxylic acids is 1. The maximum absolute atomic E-state index is 11.0. The van der Waals surface area contributed by atoms with Gasteiger partial charge in [0.2, 0.25) is 0 Å². The number of fused-ring (bicyclic) bond motifs is 1. The van der Waals surface area contributed by atoms with Crippen LogP contribution in [0.5, 0.6) is 0 Å². The summed E-state index contributed by atoms with van der Waals surface area (Å²) in [6.45, 7) is 4.15. The molecule has 3 aromatic rings. The van der Waals surface area contributed by atoms with E-state index in [4.69, 9.17) is 5.11 Å². The molecule has 0 spiro atoms. The molecule has 5 nitrogen and oxygen atoms in total. The van der Waals surface area contributed by atoms with E-state index in [0.29, 0.717) is 0 Å². The highest BCUT2D eigenvalue weighted by Gasteiger charge is 2.16. The average molecular weight is 281 g/mol. The van der Waals surface area contributed by atoms with Gasteiger partial charge in [-0.1, -0.05) is 13.8 Å². The quantitative estimate of drug-likeness (QED) is 0.800. The van der Waals surface area contributed by atoms with Gasteiger partial charge in [-0.15, -0.1) is 0 Å². The van der Waals surface area contributed by atoms with Gasteiger partial charge in [-0.2, -0.15) is 0 Å². The van der Waals surface area contributed by atoms with Gasteiger partial charge in [-0.05, 0) is 36.4 Å². The average Bonchev–Trinajstić information content (AvgIpc) is 2.87. The lowest BCUT2D eigenvalue weighted by Gasteiger charge is -2.11. The molecular formula is C16H15N3O2. The minimum Gasteiger partial charge on any atom is -0.478 e. The van der Waals surface area contributed by atoms with Gasteiger partial charge >= 0.3 is 5.97 Å². The number of aromatic nitrogens is 3. The molecule has 2 heterocycles. The van der Waals surface area contributed by atoms with Gasteiger partial charge in [0.1, 0.15) is 11.3 Å². The summed E-state index contributed by atoms with van der Waals surface area (Å²) < 4.78 is 1.98. The number of imidazole rings is 1. The van der Waals surface area contributed by atoms with Crippen LogP contribution >= 0.6 is 0 Å². The monoisotopic (exact) mass is 281 g/mol. The summed E-state index contributed by atoms with van der Waals surface area (Å²) in [6, 6.07) is 10.5. The second kappa shape index (κ2) is 5.01. The zero-order valence-corrected chi connectivity index (χ0v) is 11.8. The van der Waals surface area contributed by atoms with E-state index >= 15 is 0 Å². The molecule has 0 aliphatic heterocycles. The molecule has 0 atom stereocenters. The van der Waals surface area contributed by atoms with Crippen LogP contribution in [0.4, 0.5) is 0 Å². The Morgan fingerprint density at radius 3 is 2.52 bits per heavy atom. The summed E-state index contributed by atoms with van der Waals surface area (Å²) in [5.41, 5.74) is 2.75. The summed E-state index contributed by atoms with van der Waals surface area (Å²) in [4.78, 5) is 20.0. The maximum Gasteiger partial charge on any atom is 0.335 e. The molecule has 0 aliphatic carbocycles. The molecule has 2 aromatic heterocycles. The number of carbonyl (C=O) groups is 1. The number of hydrogen-bond donors (Lipinski definition) is 1. The summed E-state index contributed by atoms with van der Waals surface area (Å²) in [5.74, 6) is 0.212. The third-order valence-corrected chi connectivity index (χ3v) is 3.33. The first-order valence-electron chi connectivity index (χ1n) is 6.75. The van der Waals surface area contributed by atoms with Gasteiger partial charge in [0.25, 0.3) is 0 Å². The highest BCUT2D eigenvalue weighted by atomic mass is 16.4. The number of hydrogen-bond acceptors (Lipinski definition) is 3. The molecular weight excluding hydrogens is 266 g/mol. The Balaban J connectivity index is 2.22. The van der Waals surface area contributed by atoms with Crippen LogP contribution in [-0.2, 0) is 0 Å². The Morgan fingerprint density at radius 1 is 1.19 bits per heavy atom. The van der Waals surface area contributed by atoms with Crippen LogP contribution < -0.4 is 0 Å². The fourth-order valence-electron chi connectivity index (χ4n) is 2.32. The van der Waals surface area contributed by atoms with Crippen molar-refractivity contribution in [2.75, 3.05) is 0 Å². The molecule has 5 heteroatoms. The maximum atomic E-state index is 11.0. The van der Waals surface area contributed by atoms with E-state index in [1.807, 2.05) is 16.7 Å². The molecule has 0 fully saturated rings. The standard InChI is InChI=1S/C16H15N3O2/c1-10(2)14-18-13-4-3-9-17-15(13)19(14)12-7-5-11(6-8-12)16(20)21/h3-10H,1-2H3,(H,20,21). The van der Waals surface area contributed by atoms with Crippen molar-refractivity contribution in [3.63, 3.8) is 0 Å². The molecule has 0 bridgehead atoms. The van der Waals surface area contributed by atoms with Gasteiger partial charge in [0.05, 0.1) is 5.56 Å². The Morgan fingerprint density at radius 2 is 1.90 bits per heavy atom. The smallest absolute Gasteiger partial charge is 0.335 e. The van der Waals surface area contributed by atoms with Crippen LogP contribution in [0, 0.1) is 0 Å². The minimum atomic E-state index is -0.931. The van der Waals surface area contributed by atoms with E-state index in [2.05, 4.69) is 23.8 Å². The summed E-state index contributed by atoms with van der Waals surface area (Å²) in [6.07, 6.45) is 1.73. The first-order chi connectivity index (χ1) is 10.1. The third-order valence-electron chi connectivity index (χ3n) is 3.33.